The van der Waals surface area contributed by atoms with Gasteiger partial charge in [-0.25, -0.2) is 9.97 Å². The lowest BCUT2D eigenvalue weighted by atomic mass is 10.4. The highest BCUT2D eigenvalue weighted by Gasteiger charge is 2.06. The first-order chi connectivity index (χ1) is 6.83. The predicted molar refractivity (Wildman–Crippen MR) is 55.9 cm³/mol. The number of aryl methyl sites for hydroxylation is 2. The van der Waals surface area contributed by atoms with Gasteiger partial charge in [-0.2, -0.15) is 0 Å². The van der Waals surface area contributed by atoms with Crippen LogP contribution in [0.15, 0.2) is 18.3 Å². The van der Waals surface area contributed by atoms with E-state index < -0.39 is 0 Å². The molecule has 14 heavy (non-hydrogen) atoms. The van der Waals surface area contributed by atoms with E-state index >= 15 is 0 Å². The Morgan fingerprint density at radius 3 is 3.14 bits per heavy atom. The molecule has 0 aliphatic heterocycles. The van der Waals surface area contributed by atoms with Gasteiger partial charge in [-0.05, 0) is 32.0 Å². The van der Waals surface area contributed by atoms with Gasteiger partial charge in [-0.15, -0.1) is 0 Å². The number of rotatable bonds is 3. The Kier molecular flexibility index (Phi) is 2.45. The first kappa shape index (κ1) is 9.15. The molecule has 74 valence electrons. The fourth-order valence-corrected chi connectivity index (χ4v) is 1.59. The standard InChI is InChI=1S/C10H14N4/c1-8-13-9-4-2-6-12-10(9)14(8)7-3-5-11/h2,4,6H,3,5,7,11H2,1H3. The Bertz CT molecular complexity index is 433. The second-order valence-electron chi connectivity index (χ2n) is 3.30. The topological polar surface area (TPSA) is 56.7 Å². The summed E-state index contributed by atoms with van der Waals surface area (Å²) in [5, 5.41) is 0. The Labute approximate surface area is 82.8 Å². The van der Waals surface area contributed by atoms with Gasteiger partial charge >= 0.3 is 0 Å². The maximum atomic E-state index is 5.49. The summed E-state index contributed by atoms with van der Waals surface area (Å²) < 4.78 is 2.11. The predicted octanol–water partition coefficient (Wildman–Crippen LogP) is 1.09. The Morgan fingerprint density at radius 1 is 1.50 bits per heavy atom. The van der Waals surface area contributed by atoms with Crippen LogP contribution in [0.5, 0.6) is 0 Å². The lowest BCUT2D eigenvalue weighted by molar-refractivity contribution is 0.644. The van der Waals surface area contributed by atoms with E-state index in [9.17, 15) is 0 Å². The minimum Gasteiger partial charge on any atom is -0.330 e. The zero-order valence-corrected chi connectivity index (χ0v) is 8.27. The summed E-state index contributed by atoms with van der Waals surface area (Å²) in [6.07, 6.45) is 2.76. The van der Waals surface area contributed by atoms with Crippen LogP contribution in [0.2, 0.25) is 0 Å². The summed E-state index contributed by atoms with van der Waals surface area (Å²) in [6, 6.07) is 3.89. The van der Waals surface area contributed by atoms with Crippen molar-refractivity contribution in [3.63, 3.8) is 0 Å². The third-order valence-corrected chi connectivity index (χ3v) is 2.28. The highest BCUT2D eigenvalue weighted by molar-refractivity contribution is 5.70. The van der Waals surface area contributed by atoms with Crippen LogP contribution in [0, 0.1) is 6.92 Å². The van der Waals surface area contributed by atoms with Gasteiger partial charge in [-0.3, -0.25) is 0 Å². The Balaban J connectivity index is 2.45. The van der Waals surface area contributed by atoms with E-state index in [0.717, 1.165) is 30.0 Å². The molecule has 2 heterocycles. The van der Waals surface area contributed by atoms with E-state index in [0.29, 0.717) is 6.54 Å². The molecule has 0 saturated carbocycles. The zero-order chi connectivity index (χ0) is 9.97. The first-order valence-electron chi connectivity index (χ1n) is 4.81. The molecule has 0 bridgehead atoms. The summed E-state index contributed by atoms with van der Waals surface area (Å²) >= 11 is 0. The second kappa shape index (κ2) is 3.75. The number of hydrogen-bond acceptors (Lipinski definition) is 3. The van der Waals surface area contributed by atoms with Crippen molar-refractivity contribution in [1.29, 1.82) is 0 Å². The van der Waals surface area contributed by atoms with Crippen molar-refractivity contribution >= 4 is 11.2 Å². The molecule has 0 aromatic carbocycles. The number of fused-ring (bicyclic) bond motifs is 1. The van der Waals surface area contributed by atoms with E-state index in [1.807, 2.05) is 19.1 Å². The smallest absolute Gasteiger partial charge is 0.159 e. The third-order valence-electron chi connectivity index (χ3n) is 2.28. The molecule has 2 rings (SSSR count). The third kappa shape index (κ3) is 1.48. The van der Waals surface area contributed by atoms with Gasteiger partial charge < -0.3 is 10.3 Å². The van der Waals surface area contributed by atoms with Crippen molar-refractivity contribution in [2.24, 2.45) is 5.73 Å². The van der Waals surface area contributed by atoms with Crippen LogP contribution in [0.25, 0.3) is 11.2 Å². The van der Waals surface area contributed by atoms with Crippen LogP contribution >= 0.6 is 0 Å². The monoisotopic (exact) mass is 190 g/mol. The van der Waals surface area contributed by atoms with Crippen LogP contribution in [0.4, 0.5) is 0 Å². The van der Waals surface area contributed by atoms with Crippen molar-refractivity contribution in [2.45, 2.75) is 19.9 Å². The molecule has 2 aromatic heterocycles. The van der Waals surface area contributed by atoms with Gasteiger partial charge in [0.2, 0.25) is 0 Å². The minimum absolute atomic E-state index is 0.700. The van der Waals surface area contributed by atoms with Crippen molar-refractivity contribution < 1.29 is 0 Å². The summed E-state index contributed by atoms with van der Waals surface area (Å²) in [4.78, 5) is 8.74. The summed E-state index contributed by atoms with van der Waals surface area (Å²) in [5.74, 6) is 1.01. The maximum Gasteiger partial charge on any atom is 0.159 e. The fraction of sp³-hybridized carbons (Fsp3) is 0.400. The van der Waals surface area contributed by atoms with Gasteiger partial charge in [0.15, 0.2) is 5.65 Å². The van der Waals surface area contributed by atoms with Crippen molar-refractivity contribution in [2.75, 3.05) is 6.54 Å². The molecule has 2 aromatic rings. The average molecular weight is 190 g/mol. The van der Waals surface area contributed by atoms with Crippen LogP contribution < -0.4 is 5.73 Å². The average Bonchev–Trinajstić information content (AvgIpc) is 2.51. The summed E-state index contributed by atoms with van der Waals surface area (Å²) in [7, 11) is 0. The molecular weight excluding hydrogens is 176 g/mol. The van der Waals surface area contributed by atoms with Crippen molar-refractivity contribution in [3.05, 3.63) is 24.2 Å². The van der Waals surface area contributed by atoms with Gasteiger partial charge in [0.1, 0.15) is 11.3 Å². The quantitative estimate of drug-likeness (QED) is 0.788. The van der Waals surface area contributed by atoms with E-state index in [4.69, 9.17) is 5.73 Å². The lowest BCUT2D eigenvalue weighted by Gasteiger charge is -2.03. The van der Waals surface area contributed by atoms with Crippen LogP contribution in [0.1, 0.15) is 12.2 Å². The van der Waals surface area contributed by atoms with Gasteiger partial charge in [0.25, 0.3) is 0 Å². The van der Waals surface area contributed by atoms with E-state index in [2.05, 4.69) is 14.5 Å². The van der Waals surface area contributed by atoms with Crippen LogP contribution in [-0.2, 0) is 6.54 Å². The SMILES string of the molecule is Cc1nc2cccnc2n1CCCN. The fourth-order valence-electron chi connectivity index (χ4n) is 1.59. The molecule has 0 radical (unpaired) electrons. The van der Waals surface area contributed by atoms with Crippen molar-refractivity contribution in [1.82, 2.24) is 14.5 Å². The molecule has 0 amide bonds. The molecule has 0 spiro atoms. The second-order valence-corrected chi connectivity index (χ2v) is 3.30. The van der Waals surface area contributed by atoms with Gasteiger partial charge in [0.05, 0.1) is 0 Å². The summed E-state index contributed by atoms with van der Waals surface area (Å²) in [6.45, 7) is 3.60. The maximum absolute atomic E-state index is 5.49. The normalized spacial score (nSPS) is 11.0. The molecule has 0 aliphatic carbocycles. The van der Waals surface area contributed by atoms with Crippen LogP contribution in [0.3, 0.4) is 0 Å². The zero-order valence-electron chi connectivity index (χ0n) is 8.27. The number of pyridine rings is 1. The number of imidazole rings is 1. The van der Waals surface area contributed by atoms with Gasteiger partial charge in [0, 0.05) is 12.7 Å². The molecule has 0 unspecified atom stereocenters. The Hall–Kier alpha value is -1.42. The van der Waals surface area contributed by atoms with E-state index in [1.165, 1.54) is 0 Å². The number of nitrogens with zero attached hydrogens (tertiary/aromatic N) is 3. The molecule has 0 saturated heterocycles. The lowest BCUT2D eigenvalue weighted by Crippen LogP contribution is -2.07. The molecule has 4 heteroatoms. The van der Waals surface area contributed by atoms with E-state index in [-0.39, 0.29) is 0 Å². The minimum atomic E-state index is 0.700. The van der Waals surface area contributed by atoms with Crippen LogP contribution in [-0.4, -0.2) is 21.1 Å². The van der Waals surface area contributed by atoms with Crippen molar-refractivity contribution in [3.8, 4) is 0 Å². The van der Waals surface area contributed by atoms with Gasteiger partial charge in [-0.1, -0.05) is 0 Å². The highest BCUT2D eigenvalue weighted by atomic mass is 15.1. The Morgan fingerprint density at radius 2 is 2.36 bits per heavy atom. The summed E-state index contributed by atoms with van der Waals surface area (Å²) in [5.41, 5.74) is 7.40. The number of hydrogen-bond donors (Lipinski definition) is 1. The molecule has 0 fully saturated rings. The molecule has 4 nitrogen and oxygen atoms in total. The first-order valence-corrected chi connectivity index (χ1v) is 4.81. The highest BCUT2D eigenvalue weighted by Crippen LogP contribution is 2.12. The largest absolute Gasteiger partial charge is 0.330 e. The number of nitrogens with two attached hydrogens (primary N) is 1. The molecule has 0 atom stereocenters. The number of aromatic nitrogens is 3. The molecular formula is C10H14N4. The molecule has 2 N–H and O–H groups in total. The molecule has 0 aliphatic rings. The van der Waals surface area contributed by atoms with E-state index in [1.54, 1.807) is 6.20 Å².